The molecular formula is C19H22FN5O3S. The van der Waals surface area contributed by atoms with E-state index in [0.717, 1.165) is 9.99 Å². The summed E-state index contributed by atoms with van der Waals surface area (Å²) in [5, 5.41) is 14.3. The average molecular weight is 419 g/mol. The summed E-state index contributed by atoms with van der Waals surface area (Å²) in [5.41, 5.74) is 1.96. The van der Waals surface area contributed by atoms with Crippen LogP contribution in [0, 0.1) is 5.82 Å². The SMILES string of the molecule is CCNc1ccc(S(=O)(=O)N(C)C)cc1NCc1nnc(-c2ccc(F)cc2)o1. The molecule has 0 unspecified atom stereocenters. The van der Waals surface area contributed by atoms with Crippen LogP contribution in [-0.4, -0.2) is 43.6 Å². The Hall–Kier alpha value is -2.98. The molecule has 3 rings (SSSR count). The van der Waals surface area contributed by atoms with Crippen molar-refractivity contribution in [3.05, 3.63) is 54.2 Å². The molecule has 0 aliphatic rings. The number of rotatable bonds is 8. The quantitative estimate of drug-likeness (QED) is 0.578. The predicted molar refractivity (Wildman–Crippen MR) is 108 cm³/mol. The van der Waals surface area contributed by atoms with Crippen LogP contribution in [0.5, 0.6) is 0 Å². The summed E-state index contributed by atoms with van der Waals surface area (Å²) < 4.78 is 44.7. The minimum Gasteiger partial charge on any atom is -0.419 e. The molecule has 0 saturated heterocycles. The molecule has 0 aliphatic heterocycles. The van der Waals surface area contributed by atoms with Crippen LogP contribution < -0.4 is 10.6 Å². The number of nitrogens with zero attached hydrogens (tertiary/aromatic N) is 3. The van der Waals surface area contributed by atoms with Gasteiger partial charge in [-0.1, -0.05) is 0 Å². The van der Waals surface area contributed by atoms with E-state index in [0.29, 0.717) is 23.7 Å². The molecule has 0 amide bonds. The average Bonchev–Trinajstić information content (AvgIpc) is 3.16. The molecule has 0 atom stereocenters. The highest BCUT2D eigenvalue weighted by atomic mass is 32.2. The van der Waals surface area contributed by atoms with Gasteiger partial charge in [0.15, 0.2) is 0 Å². The summed E-state index contributed by atoms with van der Waals surface area (Å²) >= 11 is 0. The highest BCUT2D eigenvalue weighted by Crippen LogP contribution is 2.27. The molecule has 0 radical (unpaired) electrons. The number of halogens is 1. The first-order valence-electron chi connectivity index (χ1n) is 8.94. The van der Waals surface area contributed by atoms with E-state index in [1.807, 2.05) is 6.92 Å². The molecule has 0 spiro atoms. The van der Waals surface area contributed by atoms with Crippen molar-refractivity contribution in [2.24, 2.45) is 0 Å². The van der Waals surface area contributed by atoms with Gasteiger partial charge >= 0.3 is 0 Å². The van der Waals surface area contributed by atoms with Crippen molar-refractivity contribution in [1.82, 2.24) is 14.5 Å². The van der Waals surface area contributed by atoms with Crippen LogP contribution in [0.15, 0.2) is 51.8 Å². The molecule has 3 aromatic rings. The molecule has 0 bridgehead atoms. The van der Waals surface area contributed by atoms with Crippen LogP contribution in [0.2, 0.25) is 0 Å². The molecular weight excluding hydrogens is 397 g/mol. The Labute approximate surface area is 168 Å². The molecule has 10 heteroatoms. The zero-order chi connectivity index (χ0) is 21.0. The molecule has 0 saturated carbocycles. The smallest absolute Gasteiger partial charge is 0.247 e. The summed E-state index contributed by atoms with van der Waals surface area (Å²) in [6.07, 6.45) is 0. The van der Waals surface area contributed by atoms with Crippen molar-refractivity contribution in [3.63, 3.8) is 0 Å². The third kappa shape index (κ3) is 4.72. The van der Waals surface area contributed by atoms with Gasteiger partial charge in [0.2, 0.25) is 21.8 Å². The molecule has 2 N–H and O–H groups in total. The fourth-order valence-corrected chi connectivity index (χ4v) is 3.52. The van der Waals surface area contributed by atoms with E-state index in [2.05, 4.69) is 20.8 Å². The molecule has 1 heterocycles. The van der Waals surface area contributed by atoms with Crippen molar-refractivity contribution in [2.75, 3.05) is 31.3 Å². The largest absolute Gasteiger partial charge is 0.419 e. The van der Waals surface area contributed by atoms with E-state index >= 15 is 0 Å². The molecule has 0 aliphatic carbocycles. The maximum absolute atomic E-state index is 13.1. The lowest BCUT2D eigenvalue weighted by Gasteiger charge is -2.16. The lowest BCUT2D eigenvalue weighted by Crippen LogP contribution is -2.22. The summed E-state index contributed by atoms with van der Waals surface area (Å²) in [7, 11) is -0.602. The van der Waals surface area contributed by atoms with Gasteiger partial charge in [-0.2, -0.15) is 0 Å². The zero-order valence-corrected chi connectivity index (χ0v) is 17.1. The van der Waals surface area contributed by atoms with Crippen LogP contribution >= 0.6 is 0 Å². The van der Waals surface area contributed by atoms with E-state index in [1.54, 1.807) is 30.3 Å². The highest BCUT2D eigenvalue weighted by Gasteiger charge is 2.19. The fourth-order valence-electron chi connectivity index (χ4n) is 2.59. The third-order valence-electron chi connectivity index (χ3n) is 4.12. The Balaban J connectivity index is 1.81. The monoisotopic (exact) mass is 419 g/mol. The first-order valence-corrected chi connectivity index (χ1v) is 10.4. The third-order valence-corrected chi connectivity index (χ3v) is 5.94. The normalized spacial score (nSPS) is 11.6. The van der Waals surface area contributed by atoms with Gasteiger partial charge in [0.05, 0.1) is 22.8 Å². The van der Waals surface area contributed by atoms with Crippen molar-refractivity contribution < 1.29 is 17.2 Å². The number of hydrogen-bond donors (Lipinski definition) is 2. The Morgan fingerprint density at radius 2 is 1.76 bits per heavy atom. The highest BCUT2D eigenvalue weighted by molar-refractivity contribution is 7.89. The van der Waals surface area contributed by atoms with E-state index in [1.165, 1.54) is 26.2 Å². The minimum atomic E-state index is -3.57. The van der Waals surface area contributed by atoms with Gasteiger partial charge in [-0.25, -0.2) is 17.1 Å². The van der Waals surface area contributed by atoms with E-state index in [-0.39, 0.29) is 23.1 Å². The summed E-state index contributed by atoms with van der Waals surface area (Å²) in [6, 6.07) is 10.6. The van der Waals surface area contributed by atoms with Crippen LogP contribution in [0.1, 0.15) is 12.8 Å². The van der Waals surface area contributed by atoms with Crippen molar-refractivity contribution >= 4 is 21.4 Å². The first kappa shape index (κ1) is 20.7. The standard InChI is InChI=1S/C19H22FN5O3S/c1-4-21-16-10-9-15(29(26,27)25(2)3)11-17(16)22-12-18-23-24-19(28-18)13-5-7-14(20)8-6-13/h5-11,21-22H,4,12H2,1-3H3. The lowest BCUT2D eigenvalue weighted by atomic mass is 10.2. The van der Waals surface area contributed by atoms with Gasteiger partial charge in [0.1, 0.15) is 5.82 Å². The second-order valence-electron chi connectivity index (χ2n) is 6.39. The maximum Gasteiger partial charge on any atom is 0.247 e. The van der Waals surface area contributed by atoms with Crippen molar-refractivity contribution in [1.29, 1.82) is 0 Å². The van der Waals surface area contributed by atoms with Gasteiger partial charge in [0.25, 0.3) is 0 Å². The summed E-state index contributed by atoms with van der Waals surface area (Å²) in [4.78, 5) is 0.171. The number of anilines is 2. The fraction of sp³-hybridized carbons (Fsp3) is 0.263. The van der Waals surface area contributed by atoms with Crippen LogP contribution in [0.25, 0.3) is 11.5 Å². The molecule has 1 aromatic heterocycles. The lowest BCUT2D eigenvalue weighted by molar-refractivity contribution is 0.515. The zero-order valence-electron chi connectivity index (χ0n) is 16.3. The number of hydrogen-bond acceptors (Lipinski definition) is 7. The molecule has 0 fully saturated rings. The van der Waals surface area contributed by atoms with Gasteiger partial charge in [0, 0.05) is 26.2 Å². The maximum atomic E-state index is 13.1. The minimum absolute atomic E-state index is 0.171. The Morgan fingerprint density at radius 3 is 2.41 bits per heavy atom. The second-order valence-corrected chi connectivity index (χ2v) is 8.54. The molecule has 2 aromatic carbocycles. The van der Waals surface area contributed by atoms with Gasteiger partial charge in [-0.3, -0.25) is 0 Å². The van der Waals surface area contributed by atoms with Gasteiger partial charge in [-0.15, -0.1) is 10.2 Å². The Bertz CT molecular complexity index is 1080. The van der Waals surface area contributed by atoms with Crippen molar-refractivity contribution in [3.8, 4) is 11.5 Å². The number of aromatic nitrogens is 2. The van der Waals surface area contributed by atoms with Crippen LogP contribution in [0.4, 0.5) is 15.8 Å². The number of sulfonamides is 1. The van der Waals surface area contributed by atoms with Gasteiger partial charge in [-0.05, 0) is 49.4 Å². The van der Waals surface area contributed by atoms with Crippen LogP contribution in [0.3, 0.4) is 0 Å². The van der Waals surface area contributed by atoms with Crippen LogP contribution in [-0.2, 0) is 16.6 Å². The summed E-state index contributed by atoms with van der Waals surface area (Å²) in [6.45, 7) is 2.81. The Kier molecular flexibility index (Phi) is 6.14. The van der Waals surface area contributed by atoms with E-state index < -0.39 is 10.0 Å². The van der Waals surface area contributed by atoms with E-state index in [4.69, 9.17) is 4.42 Å². The molecule has 29 heavy (non-hydrogen) atoms. The van der Waals surface area contributed by atoms with Gasteiger partial charge < -0.3 is 15.1 Å². The first-order chi connectivity index (χ1) is 13.8. The molecule has 8 nitrogen and oxygen atoms in total. The topological polar surface area (TPSA) is 100 Å². The molecule has 154 valence electrons. The number of benzene rings is 2. The summed E-state index contributed by atoms with van der Waals surface area (Å²) in [5.74, 6) is 0.240. The number of nitrogens with one attached hydrogen (secondary N) is 2. The predicted octanol–water partition coefficient (Wildman–Crippen LogP) is 3.17. The van der Waals surface area contributed by atoms with Crippen molar-refractivity contribution in [2.45, 2.75) is 18.4 Å². The second kappa shape index (κ2) is 8.58. The van der Waals surface area contributed by atoms with E-state index in [9.17, 15) is 12.8 Å². The Morgan fingerprint density at radius 1 is 1.03 bits per heavy atom.